The summed E-state index contributed by atoms with van der Waals surface area (Å²) in [5.74, 6) is 0.565. The lowest BCUT2D eigenvalue weighted by atomic mass is 9.92. The number of fused-ring (bicyclic) bond motifs is 1. The number of benzene rings is 1. The van der Waals surface area contributed by atoms with E-state index in [4.69, 9.17) is 0 Å². The summed E-state index contributed by atoms with van der Waals surface area (Å²) in [6.45, 7) is 2.23. The third kappa shape index (κ3) is 2.03. The second-order valence-corrected chi connectivity index (χ2v) is 5.32. The van der Waals surface area contributed by atoms with Gasteiger partial charge >= 0.3 is 0 Å². The monoisotopic (exact) mass is 246 g/mol. The van der Waals surface area contributed by atoms with Crippen LogP contribution in [-0.4, -0.2) is 17.7 Å². The van der Waals surface area contributed by atoms with Crippen molar-refractivity contribution in [1.82, 2.24) is 9.88 Å². The first kappa shape index (κ1) is 11.7. The topological polar surface area (TPSA) is 17.0 Å². The van der Waals surface area contributed by atoms with Crippen LogP contribution >= 0.6 is 0 Å². The maximum atomic E-state index is 13.8. The fourth-order valence-electron chi connectivity index (χ4n) is 3.07. The molecule has 0 bridgehead atoms. The summed E-state index contributed by atoms with van der Waals surface area (Å²) < 4.78 is 15.7. The van der Waals surface area contributed by atoms with Crippen molar-refractivity contribution in [3.8, 4) is 0 Å². The molecule has 96 valence electrons. The molecule has 0 amide bonds. The summed E-state index contributed by atoms with van der Waals surface area (Å²) in [5.41, 5.74) is 2.01. The van der Waals surface area contributed by atoms with Crippen molar-refractivity contribution in [3.05, 3.63) is 35.8 Å². The van der Waals surface area contributed by atoms with Gasteiger partial charge in [0.15, 0.2) is 0 Å². The SMILES string of the molecule is Cn1cc(CC2CCCNC2)c2cccc(F)c21. The third-order valence-electron chi connectivity index (χ3n) is 3.94. The van der Waals surface area contributed by atoms with E-state index in [1.807, 2.05) is 17.7 Å². The molecule has 1 aliphatic rings. The van der Waals surface area contributed by atoms with Crippen molar-refractivity contribution in [2.24, 2.45) is 13.0 Å². The lowest BCUT2D eigenvalue weighted by Crippen LogP contribution is -2.30. The molecule has 1 fully saturated rings. The second kappa shape index (κ2) is 4.73. The molecule has 1 atom stereocenters. The van der Waals surface area contributed by atoms with Crippen LogP contribution in [-0.2, 0) is 13.5 Å². The van der Waals surface area contributed by atoms with Crippen LogP contribution in [0.5, 0.6) is 0 Å². The molecule has 0 saturated carbocycles. The van der Waals surface area contributed by atoms with Gasteiger partial charge in [-0.25, -0.2) is 4.39 Å². The van der Waals surface area contributed by atoms with Crippen molar-refractivity contribution in [2.75, 3.05) is 13.1 Å². The van der Waals surface area contributed by atoms with Gasteiger partial charge in [-0.2, -0.15) is 0 Å². The van der Waals surface area contributed by atoms with Crippen LogP contribution in [0.4, 0.5) is 4.39 Å². The van der Waals surface area contributed by atoms with Crippen molar-refractivity contribution in [2.45, 2.75) is 19.3 Å². The van der Waals surface area contributed by atoms with Crippen LogP contribution < -0.4 is 5.32 Å². The molecule has 3 heteroatoms. The van der Waals surface area contributed by atoms with Gasteiger partial charge in [0.2, 0.25) is 0 Å². The lowest BCUT2D eigenvalue weighted by molar-refractivity contribution is 0.376. The highest BCUT2D eigenvalue weighted by Gasteiger charge is 2.17. The summed E-state index contributed by atoms with van der Waals surface area (Å²) in [6.07, 6.45) is 5.67. The molecule has 1 N–H and O–H groups in total. The van der Waals surface area contributed by atoms with E-state index in [2.05, 4.69) is 11.5 Å². The zero-order valence-corrected chi connectivity index (χ0v) is 10.7. The van der Waals surface area contributed by atoms with Gasteiger partial charge in [-0.1, -0.05) is 12.1 Å². The molecular formula is C15H19FN2. The maximum Gasteiger partial charge on any atom is 0.147 e. The zero-order valence-electron chi connectivity index (χ0n) is 10.7. The predicted octanol–water partition coefficient (Wildman–Crippen LogP) is 2.86. The lowest BCUT2D eigenvalue weighted by Gasteiger charge is -2.22. The molecule has 1 aromatic heterocycles. The number of hydrogen-bond donors (Lipinski definition) is 1. The van der Waals surface area contributed by atoms with E-state index in [1.165, 1.54) is 24.5 Å². The van der Waals surface area contributed by atoms with Crippen LogP contribution in [0.15, 0.2) is 24.4 Å². The average Bonchev–Trinajstić information content (AvgIpc) is 2.69. The van der Waals surface area contributed by atoms with E-state index in [-0.39, 0.29) is 5.82 Å². The van der Waals surface area contributed by atoms with Crippen molar-refractivity contribution < 1.29 is 4.39 Å². The Hall–Kier alpha value is -1.35. The van der Waals surface area contributed by atoms with Gasteiger partial charge in [0.25, 0.3) is 0 Å². The van der Waals surface area contributed by atoms with Gasteiger partial charge in [-0.3, -0.25) is 0 Å². The van der Waals surface area contributed by atoms with Crippen LogP contribution in [0.25, 0.3) is 10.9 Å². The highest BCUT2D eigenvalue weighted by Crippen LogP contribution is 2.26. The zero-order chi connectivity index (χ0) is 12.5. The first-order valence-corrected chi connectivity index (χ1v) is 6.69. The first-order valence-electron chi connectivity index (χ1n) is 6.69. The molecule has 0 aliphatic carbocycles. The average molecular weight is 246 g/mol. The highest BCUT2D eigenvalue weighted by atomic mass is 19.1. The van der Waals surface area contributed by atoms with Gasteiger partial charge in [0.1, 0.15) is 5.82 Å². The van der Waals surface area contributed by atoms with Gasteiger partial charge in [0, 0.05) is 18.6 Å². The third-order valence-corrected chi connectivity index (χ3v) is 3.94. The fourth-order valence-corrected chi connectivity index (χ4v) is 3.07. The molecule has 2 aromatic rings. The largest absolute Gasteiger partial charge is 0.348 e. The molecule has 1 aliphatic heterocycles. The Labute approximate surface area is 107 Å². The Kier molecular flexibility index (Phi) is 3.08. The highest BCUT2D eigenvalue weighted by molar-refractivity contribution is 5.84. The normalized spacial score (nSPS) is 20.4. The van der Waals surface area contributed by atoms with Crippen LogP contribution in [0, 0.1) is 11.7 Å². The van der Waals surface area contributed by atoms with E-state index in [0.717, 1.165) is 30.4 Å². The van der Waals surface area contributed by atoms with Gasteiger partial charge in [-0.15, -0.1) is 0 Å². The molecule has 2 heterocycles. The van der Waals surface area contributed by atoms with Crippen LogP contribution in [0.1, 0.15) is 18.4 Å². The quantitative estimate of drug-likeness (QED) is 0.862. The van der Waals surface area contributed by atoms with Gasteiger partial charge in [-0.05, 0) is 49.9 Å². The summed E-state index contributed by atoms with van der Waals surface area (Å²) in [6, 6.07) is 5.37. The van der Waals surface area contributed by atoms with E-state index in [9.17, 15) is 4.39 Å². The number of para-hydroxylation sites is 1. The summed E-state index contributed by atoms with van der Waals surface area (Å²) in [5, 5.41) is 4.51. The Bertz CT molecular complexity index is 553. The molecule has 1 saturated heterocycles. The van der Waals surface area contributed by atoms with Gasteiger partial charge < -0.3 is 9.88 Å². The number of aryl methyl sites for hydroxylation is 1. The molecule has 1 aromatic carbocycles. The summed E-state index contributed by atoms with van der Waals surface area (Å²) in [7, 11) is 1.92. The predicted molar refractivity (Wildman–Crippen MR) is 72.2 cm³/mol. The number of aromatic nitrogens is 1. The number of hydrogen-bond acceptors (Lipinski definition) is 1. The minimum absolute atomic E-state index is 0.122. The molecule has 1 unspecified atom stereocenters. The second-order valence-electron chi connectivity index (χ2n) is 5.32. The Morgan fingerprint density at radius 1 is 1.44 bits per heavy atom. The van der Waals surface area contributed by atoms with E-state index in [0.29, 0.717) is 5.92 Å². The molecular weight excluding hydrogens is 227 g/mol. The first-order chi connectivity index (χ1) is 8.75. The van der Waals surface area contributed by atoms with E-state index < -0.39 is 0 Å². The van der Waals surface area contributed by atoms with Crippen LogP contribution in [0.2, 0.25) is 0 Å². The number of nitrogens with one attached hydrogen (secondary N) is 1. The number of piperidine rings is 1. The molecule has 0 spiro atoms. The maximum absolute atomic E-state index is 13.8. The molecule has 2 nitrogen and oxygen atoms in total. The van der Waals surface area contributed by atoms with Crippen molar-refractivity contribution in [1.29, 1.82) is 0 Å². The fraction of sp³-hybridized carbons (Fsp3) is 0.467. The Morgan fingerprint density at radius 2 is 2.33 bits per heavy atom. The molecule has 0 radical (unpaired) electrons. The number of nitrogens with zero attached hydrogens (tertiary/aromatic N) is 1. The smallest absolute Gasteiger partial charge is 0.147 e. The van der Waals surface area contributed by atoms with Crippen LogP contribution in [0.3, 0.4) is 0 Å². The summed E-state index contributed by atoms with van der Waals surface area (Å²) >= 11 is 0. The minimum Gasteiger partial charge on any atom is -0.348 e. The van der Waals surface area contributed by atoms with Crippen molar-refractivity contribution in [3.63, 3.8) is 0 Å². The van der Waals surface area contributed by atoms with E-state index in [1.54, 1.807) is 6.07 Å². The van der Waals surface area contributed by atoms with E-state index >= 15 is 0 Å². The summed E-state index contributed by atoms with van der Waals surface area (Å²) in [4.78, 5) is 0. The number of rotatable bonds is 2. The minimum atomic E-state index is -0.122. The standard InChI is InChI=1S/C15H19FN2/c1-18-10-12(8-11-4-3-7-17-9-11)13-5-2-6-14(16)15(13)18/h2,5-6,10-11,17H,3-4,7-9H2,1H3. The van der Waals surface area contributed by atoms with Crippen molar-refractivity contribution >= 4 is 10.9 Å². The Balaban J connectivity index is 1.94. The number of halogens is 1. The Morgan fingerprint density at radius 3 is 3.11 bits per heavy atom. The van der Waals surface area contributed by atoms with Gasteiger partial charge in [0.05, 0.1) is 5.52 Å². The molecule has 3 rings (SSSR count). The molecule has 18 heavy (non-hydrogen) atoms.